The fraction of sp³-hybridized carbons (Fsp3) is 0.300. The van der Waals surface area contributed by atoms with Gasteiger partial charge in [0.2, 0.25) is 0 Å². The molecule has 1 atom stereocenters. The van der Waals surface area contributed by atoms with Crippen LogP contribution in [0, 0.1) is 0 Å². The molecule has 2 rings (SSSR count). The monoisotopic (exact) mass is 219 g/mol. The molecule has 0 aliphatic carbocycles. The highest BCUT2D eigenvalue weighted by Crippen LogP contribution is 2.10. The van der Waals surface area contributed by atoms with Crippen molar-refractivity contribution in [2.24, 2.45) is 7.05 Å². The molecule has 2 aromatic rings. The Morgan fingerprint density at radius 2 is 2.38 bits per heavy atom. The third-order valence-corrected chi connectivity index (χ3v) is 2.42. The lowest BCUT2D eigenvalue weighted by atomic mass is 10.2. The number of amides is 1. The van der Waals surface area contributed by atoms with E-state index < -0.39 is 0 Å². The zero-order valence-electron chi connectivity index (χ0n) is 9.14. The van der Waals surface area contributed by atoms with Crippen molar-refractivity contribution in [3.63, 3.8) is 0 Å². The molecule has 84 valence electrons. The van der Waals surface area contributed by atoms with Gasteiger partial charge in [0.25, 0.3) is 5.91 Å². The lowest BCUT2D eigenvalue weighted by Gasteiger charge is -2.11. The van der Waals surface area contributed by atoms with E-state index in [2.05, 4.69) is 20.5 Å². The van der Waals surface area contributed by atoms with E-state index in [0.717, 1.165) is 5.56 Å². The van der Waals surface area contributed by atoms with Crippen LogP contribution in [-0.2, 0) is 7.05 Å². The Morgan fingerprint density at radius 1 is 1.56 bits per heavy atom. The maximum atomic E-state index is 11.8. The van der Waals surface area contributed by atoms with Gasteiger partial charge < -0.3 is 9.88 Å². The first-order valence-electron chi connectivity index (χ1n) is 4.94. The Balaban J connectivity index is 2.06. The molecule has 2 heterocycles. The van der Waals surface area contributed by atoms with E-state index in [1.54, 1.807) is 30.3 Å². The van der Waals surface area contributed by atoms with Crippen molar-refractivity contribution in [2.45, 2.75) is 13.0 Å². The summed E-state index contributed by atoms with van der Waals surface area (Å²) in [4.78, 5) is 15.7. The molecule has 0 bridgehead atoms. The van der Waals surface area contributed by atoms with E-state index in [0.29, 0.717) is 5.69 Å². The SMILES string of the molecule is CC(NC(=O)c1cncn1C)c1cn[nH]c1. The molecule has 1 unspecified atom stereocenters. The number of hydrogen-bond donors (Lipinski definition) is 2. The van der Waals surface area contributed by atoms with Crippen LogP contribution in [0.4, 0.5) is 0 Å². The van der Waals surface area contributed by atoms with E-state index in [4.69, 9.17) is 0 Å². The summed E-state index contributed by atoms with van der Waals surface area (Å²) in [6.45, 7) is 1.90. The van der Waals surface area contributed by atoms with Crippen molar-refractivity contribution < 1.29 is 4.79 Å². The van der Waals surface area contributed by atoms with Gasteiger partial charge in [0.15, 0.2) is 0 Å². The summed E-state index contributed by atoms with van der Waals surface area (Å²) < 4.78 is 1.68. The smallest absolute Gasteiger partial charge is 0.270 e. The highest BCUT2D eigenvalue weighted by molar-refractivity contribution is 5.92. The Kier molecular flexibility index (Phi) is 2.72. The maximum absolute atomic E-state index is 11.8. The van der Waals surface area contributed by atoms with Crippen LogP contribution >= 0.6 is 0 Å². The number of rotatable bonds is 3. The number of carbonyl (C=O) groups is 1. The molecular formula is C10H13N5O. The predicted molar refractivity (Wildman–Crippen MR) is 57.7 cm³/mol. The fourth-order valence-corrected chi connectivity index (χ4v) is 1.43. The van der Waals surface area contributed by atoms with Gasteiger partial charge in [-0.25, -0.2) is 4.98 Å². The largest absolute Gasteiger partial charge is 0.344 e. The summed E-state index contributed by atoms with van der Waals surface area (Å²) in [5.74, 6) is -0.145. The number of nitrogens with one attached hydrogen (secondary N) is 2. The number of aryl methyl sites for hydroxylation is 1. The average Bonchev–Trinajstić information content (AvgIpc) is 2.86. The van der Waals surface area contributed by atoms with Crippen LogP contribution in [0.5, 0.6) is 0 Å². The van der Waals surface area contributed by atoms with Crippen molar-refractivity contribution >= 4 is 5.91 Å². The second kappa shape index (κ2) is 4.18. The van der Waals surface area contributed by atoms with Crippen molar-refractivity contribution in [2.75, 3.05) is 0 Å². The molecule has 0 saturated carbocycles. The van der Waals surface area contributed by atoms with E-state index in [1.807, 2.05) is 6.92 Å². The molecule has 1 amide bonds. The number of H-pyrrole nitrogens is 1. The highest BCUT2D eigenvalue weighted by Gasteiger charge is 2.14. The van der Waals surface area contributed by atoms with Crippen LogP contribution < -0.4 is 5.32 Å². The Bertz CT molecular complexity index is 473. The minimum absolute atomic E-state index is 0.0823. The Morgan fingerprint density at radius 3 is 2.94 bits per heavy atom. The Labute approximate surface area is 92.7 Å². The predicted octanol–water partition coefficient (Wildman–Crippen LogP) is 0.634. The first-order valence-corrected chi connectivity index (χ1v) is 4.94. The fourth-order valence-electron chi connectivity index (χ4n) is 1.43. The first kappa shape index (κ1) is 10.4. The number of aromatic amines is 1. The minimum atomic E-state index is -0.145. The molecule has 2 N–H and O–H groups in total. The molecule has 2 aromatic heterocycles. The normalized spacial score (nSPS) is 12.4. The molecule has 6 heteroatoms. The lowest BCUT2D eigenvalue weighted by Crippen LogP contribution is -2.27. The number of imidazole rings is 1. The molecule has 16 heavy (non-hydrogen) atoms. The first-order chi connectivity index (χ1) is 7.68. The zero-order valence-corrected chi connectivity index (χ0v) is 9.14. The molecule has 0 spiro atoms. The zero-order chi connectivity index (χ0) is 11.5. The van der Waals surface area contributed by atoms with Gasteiger partial charge in [-0.15, -0.1) is 0 Å². The third-order valence-electron chi connectivity index (χ3n) is 2.42. The average molecular weight is 219 g/mol. The summed E-state index contributed by atoms with van der Waals surface area (Å²) in [6, 6.07) is -0.0823. The minimum Gasteiger partial charge on any atom is -0.344 e. The van der Waals surface area contributed by atoms with Gasteiger partial charge >= 0.3 is 0 Å². The molecule has 0 fully saturated rings. The van der Waals surface area contributed by atoms with Gasteiger partial charge in [-0.3, -0.25) is 9.89 Å². The summed E-state index contributed by atoms with van der Waals surface area (Å²) in [5.41, 5.74) is 1.48. The third kappa shape index (κ3) is 1.95. The molecule has 0 aliphatic rings. The number of nitrogens with zero attached hydrogens (tertiary/aromatic N) is 3. The second-order valence-corrected chi connectivity index (χ2v) is 3.62. The lowest BCUT2D eigenvalue weighted by molar-refractivity contribution is 0.0931. The molecule has 0 saturated heterocycles. The van der Waals surface area contributed by atoms with Crippen molar-refractivity contribution in [1.82, 2.24) is 25.1 Å². The van der Waals surface area contributed by atoms with Crippen LogP contribution in [0.15, 0.2) is 24.9 Å². The van der Waals surface area contributed by atoms with E-state index in [9.17, 15) is 4.79 Å². The van der Waals surface area contributed by atoms with Gasteiger partial charge in [-0.2, -0.15) is 5.10 Å². The van der Waals surface area contributed by atoms with Crippen molar-refractivity contribution in [3.05, 3.63) is 36.2 Å². The van der Waals surface area contributed by atoms with Gasteiger partial charge in [0.05, 0.1) is 24.8 Å². The van der Waals surface area contributed by atoms with Crippen LogP contribution in [0.2, 0.25) is 0 Å². The standard InChI is InChI=1S/C10H13N5O/c1-7(8-3-12-13-4-8)14-10(16)9-5-11-6-15(9)2/h3-7H,1-2H3,(H,12,13)(H,14,16). The number of hydrogen-bond acceptors (Lipinski definition) is 3. The molecule has 0 aliphatic heterocycles. The van der Waals surface area contributed by atoms with Crippen molar-refractivity contribution in [3.8, 4) is 0 Å². The number of aromatic nitrogens is 4. The van der Waals surface area contributed by atoms with Gasteiger partial charge in [-0.05, 0) is 6.92 Å². The summed E-state index contributed by atoms with van der Waals surface area (Å²) in [6.07, 6.45) is 6.58. The molecule has 0 radical (unpaired) electrons. The quantitative estimate of drug-likeness (QED) is 0.795. The summed E-state index contributed by atoms with van der Waals surface area (Å²) >= 11 is 0. The van der Waals surface area contributed by atoms with E-state index >= 15 is 0 Å². The number of carbonyl (C=O) groups excluding carboxylic acids is 1. The van der Waals surface area contributed by atoms with E-state index in [1.165, 1.54) is 6.20 Å². The highest BCUT2D eigenvalue weighted by atomic mass is 16.2. The summed E-state index contributed by atoms with van der Waals surface area (Å²) in [5, 5.41) is 9.41. The van der Waals surface area contributed by atoms with E-state index in [-0.39, 0.29) is 11.9 Å². The molecular weight excluding hydrogens is 206 g/mol. The van der Waals surface area contributed by atoms with Crippen LogP contribution in [0.3, 0.4) is 0 Å². The maximum Gasteiger partial charge on any atom is 0.270 e. The second-order valence-electron chi connectivity index (χ2n) is 3.62. The topological polar surface area (TPSA) is 75.6 Å². The molecule has 6 nitrogen and oxygen atoms in total. The van der Waals surface area contributed by atoms with Gasteiger partial charge in [-0.1, -0.05) is 0 Å². The van der Waals surface area contributed by atoms with Crippen LogP contribution in [-0.4, -0.2) is 25.7 Å². The van der Waals surface area contributed by atoms with Crippen LogP contribution in [0.25, 0.3) is 0 Å². The van der Waals surface area contributed by atoms with Gasteiger partial charge in [0, 0.05) is 18.8 Å². The van der Waals surface area contributed by atoms with Crippen LogP contribution in [0.1, 0.15) is 29.0 Å². The van der Waals surface area contributed by atoms with Crippen molar-refractivity contribution in [1.29, 1.82) is 0 Å². The Hall–Kier alpha value is -2.11. The summed E-state index contributed by atoms with van der Waals surface area (Å²) in [7, 11) is 1.78. The molecule has 0 aromatic carbocycles. The van der Waals surface area contributed by atoms with Gasteiger partial charge in [0.1, 0.15) is 5.69 Å².